The van der Waals surface area contributed by atoms with Crippen LogP contribution in [0.5, 0.6) is 5.75 Å². The van der Waals surface area contributed by atoms with Crippen LogP contribution in [-0.4, -0.2) is 29.4 Å². The summed E-state index contributed by atoms with van der Waals surface area (Å²) < 4.78 is 5.33. The molecule has 0 amide bonds. The third-order valence-electron chi connectivity index (χ3n) is 3.84. The Kier molecular flexibility index (Phi) is 3.75. The lowest BCUT2D eigenvalue weighted by atomic mass is 10.2. The summed E-state index contributed by atoms with van der Waals surface area (Å²) in [7, 11) is 1.69. The molecule has 6 heteroatoms. The van der Waals surface area contributed by atoms with Gasteiger partial charge in [-0.15, -0.1) is 11.8 Å². The molecule has 0 saturated carbocycles. The molecule has 0 N–H and O–H groups in total. The molecule has 0 unspecified atom stereocenters. The van der Waals surface area contributed by atoms with Crippen LogP contribution >= 0.6 is 23.4 Å². The Bertz CT molecular complexity index is 887. The van der Waals surface area contributed by atoms with Crippen LogP contribution in [0.25, 0.3) is 10.9 Å². The second kappa shape index (κ2) is 5.91. The second-order valence-electron chi connectivity index (χ2n) is 5.17. The summed E-state index contributed by atoms with van der Waals surface area (Å²) in [5.74, 6) is 2.70. The Hall–Kier alpha value is -1.98. The van der Waals surface area contributed by atoms with Crippen molar-refractivity contribution < 1.29 is 4.74 Å². The van der Waals surface area contributed by atoms with Crippen LogP contribution < -0.4 is 9.64 Å². The maximum Gasteiger partial charge on any atom is 0.224 e. The second-order valence-corrected chi connectivity index (χ2v) is 6.64. The van der Waals surface area contributed by atoms with Crippen molar-refractivity contribution in [1.82, 2.24) is 9.97 Å². The maximum atomic E-state index is 6.14. The summed E-state index contributed by atoms with van der Waals surface area (Å²) in [6, 6.07) is 14.1. The Morgan fingerprint density at radius 2 is 2.04 bits per heavy atom. The molecule has 0 radical (unpaired) electrons. The van der Waals surface area contributed by atoms with Gasteiger partial charge in [0.05, 0.1) is 18.3 Å². The molecule has 1 aliphatic rings. The van der Waals surface area contributed by atoms with E-state index in [-0.39, 0.29) is 5.28 Å². The molecule has 2 aromatic carbocycles. The third kappa shape index (κ3) is 2.60. The first-order chi connectivity index (χ1) is 11.3. The molecule has 0 spiro atoms. The van der Waals surface area contributed by atoms with Crippen molar-refractivity contribution in [3.63, 3.8) is 0 Å². The zero-order chi connectivity index (χ0) is 15.8. The first kappa shape index (κ1) is 14.6. The van der Waals surface area contributed by atoms with Crippen LogP contribution in [0, 0.1) is 0 Å². The highest BCUT2D eigenvalue weighted by Crippen LogP contribution is 2.42. The largest absolute Gasteiger partial charge is 0.497 e. The molecule has 23 heavy (non-hydrogen) atoms. The number of anilines is 2. The Morgan fingerprint density at radius 1 is 1.17 bits per heavy atom. The maximum absolute atomic E-state index is 6.14. The van der Waals surface area contributed by atoms with Gasteiger partial charge >= 0.3 is 0 Å². The molecule has 0 aliphatic carbocycles. The van der Waals surface area contributed by atoms with Crippen molar-refractivity contribution in [3.05, 3.63) is 47.7 Å². The number of fused-ring (bicyclic) bond motifs is 2. The molecule has 0 atom stereocenters. The van der Waals surface area contributed by atoms with Crippen LogP contribution in [0.4, 0.5) is 11.5 Å². The summed E-state index contributed by atoms with van der Waals surface area (Å²) in [6.07, 6.45) is 0. The zero-order valence-electron chi connectivity index (χ0n) is 12.5. The average molecular weight is 344 g/mol. The highest BCUT2D eigenvalue weighted by molar-refractivity contribution is 7.99. The fourth-order valence-corrected chi connectivity index (χ4v) is 3.98. The van der Waals surface area contributed by atoms with Crippen molar-refractivity contribution in [1.29, 1.82) is 0 Å². The first-order valence-electron chi connectivity index (χ1n) is 7.27. The standard InChI is InChI=1S/C17H14ClN3OS/c1-22-11-6-7-14-15(10-11)23-9-8-21(14)16-12-4-2-3-5-13(12)19-17(18)20-16/h2-7,10H,8-9H2,1H3. The van der Waals surface area contributed by atoms with Gasteiger partial charge in [0.15, 0.2) is 0 Å². The fourth-order valence-electron chi connectivity index (χ4n) is 2.79. The Balaban J connectivity index is 1.90. The topological polar surface area (TPSA) is 38.2 Å². The van der Waals surface area contributed by atoms with Gasteiger partial charge < -0.3 is 9.64 Å². The molecule has 116 valence electrons. The number of nitrogens with zero attached hydrogens (tertiary/aromatic N) is 3. The molecular weight excluding hydrogens is 330 g/mol. The number of halogens is 1. The third-order valence-corrected chi connectivity index (χ3v) is 5.04. The minimum absolute atomic E-state index is 0.270. The van der Waals surface area contributed by atoms with Gasteiger partial charge in [0.2, 0.25) is 5.28 Å². The van der Waals surface area contributed by atoms with E-state index in [1.807, 2.05) is 42.1 Å². The smallest absolute Gasteiger partial charge is 0.224 e. The number of benzene rings is 2. The predicted molar refractivity (Wildman–Crippen MR) is 95.3 cm³/mol. The van der Waals surface area contributed by atoms with Gasteiger partial charge in [-0.2, -0.15) is 4.98 Å². The van der Waals surface area contributed by atoms with Gasteiger partial charge in [0, 0.05) is 22.6 Å². The number of hydrogen-bond acceptors (Lipinski definition) is 5. The molecule has 1 aromatic heterocycles. The highest BCUT2D eigenvalue weighted by Gasteiger charge is 2.22. The van der Waals surface area contributed by atoms with Crippen molar-refractivity contribution in [2.24, 2.45) is 0 Å². The Labute approximate surface area is 143 Å². The summed E-state index contributed by atoms with van der Waals surface area (Å²) in [4.78, 5) is 12.2. The number of hydrogen-bond donors (Lipinski definition) is 0. The number of thioether (sulfide) groups is 1. The zero-order valence-corrected chi connectivity index (χ0v) is 14.1. The van der Waals surface area contributed by atoms with Crippen molar-refractivity contribution in [3.8, 4) is 5.75 Å². The molecule has 4 nitrogen and oxygen atoms in total. The van der Waals surface area contributed by atoms with E-state index in [1.165, 1.54) is 4.90 Å². The van der Waals surface area contributed by atoms with Crippen LogP contribution in [-0.2, 0) is 0 Å². The number of ether oxygens (including phenoxy) is 1. The van der Waals surface area contributed by atoms with E-state index >= 15 is 0 Å². The van der Waals surface area contributed by atoms with Crippen molar-refractivity contribution >= 4 is 45.8 Å². The SMILES string of the molecule is COc1ccc2c(c1)SCCN2c1nc(Cl)nc2ccccc12. The van der Waals surface area contributed by atoms with E-state index in [2.05, 4.69) is 27.0 Å². The number of aromatic nitrogens is 2. The van der Waals surface area contributed by atoms with Gasteiger partial charge in [-0.25, -0.2) is 4.98 Å². The summed E-state index contributed by atoms with van der Waals surface area (Å²) >= 11 is 7.97. The molecule has 0 fully saturated rings. The van der Waals surface area contributed by atoms with E-state index in [9.17, 15) is 0 Å². The van der Waals surface area contributed by atoms with Gasteiger partial charge in [-0.05, 0) is 41.9 Å². The number of para-hydroxylation sites is 1. The monoisotopic (exact) mass is 343 g/mol. The Morgan fingerprint density at radius 3 is 2.91 bits per heavy atom. The summed E-state index contributed by atoms with van der Waals surface area (Å²) in [5, 5.41) is 1.28. The molecule has 0 bridgehead atoms. The van der Waals surface area contributed by atoms with Gasteiger partial charge in [-0.1, -0.05) is 12.1 Å². The minimum atomic E-state index is 0.270. The van der Waals surface area contributed by atoms with Crippen LogP contribution in [0.2, 0.25) is 5.28 Å². The number of methoxy groups -OCH3 is 1. The van der Waals surface area contributed by atoms with Crippen LogP contribution in [0.15, 0.2) is 47.4 Å². The molecule has 1 aliphatic heterocycles. The van der Waals surface area contributed by atoms with Gasteiger partial charge in [-0.3, -0.25) is 0 Å². The normalized spacial score (nSPS) is 13.9. The average Bonchev–Trinajstić information content (AvgIpc) is 2.60. The van der Waals surface area contributed by atoms with E-state index in [0.29, 0.717) is 0 Å². The van der Waals surface area contributed by atoms with E-state index in [1.54, 1.807) is 7.11 Å². The summed E-state index contributed by atoms with van der Waals surface area (Å²) in [5.41, 5.74) is 1.98. The van der Waals surface area contributed by atoms with E-state index < -0.39 is 0 Å². The first-order valence-corrected chi connectivity index (χ1v) is 8.63. The lowest BCUT2D eigenvalue weighted by molar-refractivity contribution is 0.413. The lowest BCUT2D eigenvalue weighted by Crippen LogP contribution is -2.25. The predicted octanol–water partition coefficient (Wildman–Crippen LogP) is 4.54. The van der Waals surface area contributed by atoms with Crippen LogP contribution in [0.1, 0.15) is 0 Å². The number of rotatable bonds is 2. The van der Waals surface area contributed by atoms with Gasteiger partial charge in [0.1, 0.15) is 11.6 Å². The van der Waals surface area contributed by atoms with E-state index in [4.69, 9.17) is 16.3 Å². The molecule has 3 aromatic rings. The lowest BCUT2D eigenvalue weighted by Gasteiger charge is -2.30. The summed E-state index contributed by atoms with van der Waals surface area (Å²) in [6.45, 7) is 0.876. The molecule has 2 heterocycles. The highest BCUT2D eigenvalue weighted by atomic mass is 35.5. The van der Waals surface area contributed by atoms with Crippen LogP contribution in [0.3, 0.4) is 0 Å². The van der Waals surface area contributed by atoms with Gasteiger partial charge in [0.25, 0.3) is 0 Å². The molecular formula is C17H14ClN3OS. The van der Waals surface area contributed by atoms with Crippen molar-refractivity contribution in [2.75, 3.05) is 24.3 Å². The van der Waals surface area contributed by atoms with E-state index in [0.717, 1.165) is 40.5 Å². The van der Waals surface area contributed by atoms with Crippen molar-refractivity contribution in [2.45, 2.75) is 4.90 Å². The quantitative estimate of drug-likeness (QED) is 0.639. The molecule has 4 rings (SSSR count). The fraction of sp³-hybridized carbons (Fsp3) is 0.176. The minimum Gasteiger partial charge on any atom is -0.497 e. The molecule has 0 saturated heterocycles.